The highest BCUT2D eigenvalue weighted by Gasteiger charge is 2.27. The van der Waals surface area contributed by atoms with Crippen LogP contribution in [0.3, 0.4) is 0 Å². The van der Waals surface area contributed by atoms with E-state index in [4.69, 9.17) is 5.11 Å². The quantitative estimate of drug-likeness (QED) is 0.673. The maximum Gasteiger partial charge on any atom is 0.407 e. The number of carboxylic acid groups (broad SMARTS) is 1. The van der Waals surface area contributed by atoms with E-state index in [0.29, 0.717) is 37.3 Å². The number of hydrogen-bond acceptors (Lipinski definition) is 4. The summed E-state index contributed by atoms with van der Waals surface area (Å²) in [6.45, 7) is 2.74. The van der Waals surface area contributed by atoms with Gasteiger partial charge in [-0.1, -0.05) is 15.9 Å². The highest BCUT2D eigenvalue weighted by molar-refractivity contribution is 9.09. The van der Waals surface area contributed by atoms with Gasteiger partial charge in [0.05, 0.1) is 16.6 Å². The molecule has 1 fully saturated rings. The van der Waals surface area contributed by atoms with Crippen LogP contribution in [-0.4, -0.2) is 50.3 Å². The zero-order valence-corrected chi connectivity index (χ0v) is 12.8. The smallest absolute Gasteiger partial charge is 0.407 e. The third-order valence-corrected chi connectivity index (χ3v) is 4.02. The summed E-state index contributed by atoms with van der Waals surface area (Å²) in [7, 11) is 0. The summed E-state index contributed by atoms with van der Waals surface area (Å²) in [6.07, 6.45) is 2.06. The van der Waals surface area contributed by atoms with Gasteiger partial charge in [0.25, 0.3) is 0 Å². The van der Waals surface area contributed by atoms with E-state index in [2.05, 4.69) is 25.9 Å². The Hall–Kier alpha value is -1.50. The van der Waals surface area contributed by atoms with Crippen molar-refractivity contribution in [2.75, 3.05) is 18.4 Å². The Morgan fingerprint density at radius 2 is 2.10 bits per heavy atom. The minimum atomic E-state index is -0.890. The molecular weight excluding hydrogens is 326 g/mol. The van der Waals surface area contributed by atoms with Crippen LogP contribution in [0.15, 0.2) is 6.20 Å². The van der Waals surface area contributed by atoms with E-state index in [1.807, 2.05) is 0 Å². The average molecular weight is 342 g/mol. The third kappa shape index (κ3) is 3.15. The predicted molar refractivity (Wildman–Crippen MR) is 76.5 cm³/mol. The van der Waals surface area contributed by atoms with Crippen LogP contribution in [-0.2, 0) is 0 Å². The van der Waals surface area contributed by atoms with Crippen molar-refractivity contribution < 1.29 is 14.7 Å². The van der Waals surface area contributed by atoms with Gasteiger partial charge >= 0.3 is 6.09 Å². The highest BCUT2D eigenvalue weighted by atomic mass is 79.9. The van der Waals surface area contributed by atoms with Gasteiger partial charge in [-0.25, -0.2) is 14.8 Å². The number of ketones is 1. The monoisotopic (exact) mass is 341 g/mol. The zero-order chi connectivity index (χ0) is 14.7. The molecule has 6 nitrogen and oxygen atoms in total. The van der Waals surface area contributed by atoms with Crippen LogP contribution in [0.5, 0.6) is 0 Å². The van der Waals surface area contributed by atoms with Gasteiger partial charge < -0.3 is 10.0 Å². The molecule has 0 aromatic carbocycles. The third-order valence-electron chi connectivity index (χ3n) is 3.51. The van der Waals surface area contributed by atoms with Crippen LogP contribution >= 0.6 is 15.9 Å². The molecule has 0 bridgehead atoms. The number of rotatable bonds is 3. The van der Waals surface area contributed by atoms with Gasteiger partial charge in [-0.3, -0.25) is 4.79 Å². The van der Waals surface area contributed by atoms with Crippen molar-refractivity contribution >= 4 is 27.8 Å². The van der Waals surface area contributed by atoms with Gasteiger partial charge in [0.15, 0.2) is 5.78 Å². The Kier molecular flexibility index (Phi) is 4.69. The van der Waals surface area contributed by atoms with Crippen molar-refractivity contribution in [1.29, 1.82) is 0 Å². The molecule has 1 N–H and O–H groups in total. The number of aromatic nitrogens is 2. The first-order chi connectivity index (χ1) is 9.52. The van der Waals surface area contributed by atoms with Crippen molar-refractivity contribution in [3.63, 3.8) is 0 Å². The van der Waals surface area contributed by atoms with Gasteiger partial charge in [-0.15, -0.1) is 0 Å². The van der Waals surface area contributed by atoms with Crippen LogP contribution in [0.25, 0.3) is 0 Å². The van der Waals surface area contributed by atoms with E-state index in [0.717, 1.165) is 5.69 Å². The van der Waals surface area contributed by atoms with E-state index in [-0.39, 0.29) is 17.0 Å². The maximum absolute atomic E-state index is 11.9. The first-order valence-electron chi connectivity index (χ1n) is 6.43. The number of alkyl halides is 1. The van der Waals surface area contributed by atoms with Gasteiger partial charge in [0.2, 0.25) is 0 Å². The molecule has 1 aromatic rings. The maximum atomic E-state index is 11.9. The van der Waals surface area contributed by atoms with Gasteiger partial charge in [0.1, 0.15) is 5.82 Å². The molecule has 0 atom stereocenters. The molecule has 1 saturated heterocycles. The number of aryl methyl sites for hydroxylation is 1. The lowest BCUT2D eigenvalue weighted by Gasteiger charge is -2.30. The number of piperidine rings is 1. The summed E-state index contributed by atoms with van der Waals surface area (Å²) >= 11 is 3.17. The molecule has 2 heterocycles. The van der Waals surface area contributed by atoms with E-state index in [1.165, 1.54) is 4.90 Å². The van der Waals surface area contributed by atoms with Crippen LogP contribution in [0.2, 0.25) is 0 Å². The van der Waals surface area contributed by atoms with Crippen LogP contribution in [0.1, 0.15) is 40.6 Å². The molecule has 1 aliphatic rings. The van der Waals surface area contributed by atoms with E-state index < -0.39 is 6.09 Å². The van der Waals surface area contributed by atoms with Crippen molar-refractivity contribution in [3.8, 4) is 0 Å². The second-order valence-corrected chi connectivity index (χ2v) is 5.38. The number of amides is 1. The standard InChI is InChI=1S/C13H16BrN3O3/c1-8-15-7-10(11(18)6-14)12(16-8)9-2-4-17(5-3-9)13(19)20/h7,9H,2-6H2,1H3,(H,19,20). The molecule has 0 aliphatic carbocycles. The molecule has 108 valence electrons. The summed E-state index contributed by atoms with van der Waals surface area (Å²) in [5.74, 6) is 0.706. The second-order valence-electron chi connectivity index (χ2n) is 4.82. The Morgan fingerprint density at radius 1 is 1.45 bits per heavy atom. The largest absolute Gasteiger partial charge is 0.465 e. The van der Waals surface area contributed by atoms with Gasteiger partial charge in [-0.05, 0) is 19.8 Å². The van der Waals surface area contributed by atoms with E-state index in [9.17, 15) is 9.59 Å². The molecule has 1 amide bonds. The summed E-state index contributed by atoms with van der Waals surface area (Å²) < 4.78 is 0. The number of carbonyl (C=O) groups is 2. The number of hydrogen-bond donors (Lipinski definition) is 1. The molecule has 0 radical (unpaired) electrons. The number of Topliss-reactive ketones (excluding diaryl/α,β-unsaturated/α-hetero) is 1. The van der Waals surface area contributed by atoms with Crippen LogP contribution < -0.4 is 0 Å². The summed E-state index contributed by atoms with van der Waals surface area (Å²) in [4.78, 5) is 32.7. The second kappa shape index (κ2) is 6.30. The number of carbonyl (C=O) groups excluding carboxylic acids is 1. The van der Waals surface area contributed by atoms with Crippen LogP contribution in [0, 0.1) is 6.92 Å². The summed E-state index contributed by atoms with van der Waals surface area (Å²) in [5.41, 5.74) is 1.30. The first-order valence-corrected chi connectivity index (χ1v) is 7.55. The number of halogens is 1. The Morgan fingerprint density at radius 3 is 2.65 bits per heavy atom. The highest BCUT2D eigenvalue weighted by Crippen LogP contribution is 2.29. The minimum Gasteiger partial charge on any atom is -0.465 e. The Balaban J connectivity index is 2.22. The molecule has 2 rings (SSSR count). The lowest BCUT2D eigenvalue weighted by atomic mass is 9.90. The van der Waals surface area contributed by atoms with Crippen molar-refractivity contribution in [3.05, 3.63) is 23.3 Å². The minimum absolute atomic E-state index is 0.0411. The Labute approximate surface area is 125 Å². The first kappa shape index (κ1) is 14.9. The summed E-state index contributed by atoms with van der Waals surface area (Å²) in [6, 6.07) is 0. The van der Waals surface area contributed by atoms with Crippen LogP contribution in [0.4, 0.5) is 4.79 Å². The predicted octanol–water partition coefficient (Wildman–Crippen LogP) is 2.22. The molecule has 1 aliphatic heterocycles. The molecular formula is C13H16BrN3O3. The summed E-state index contributed by atoms with van der Waals surface area (Å²) in [5, 5.41) is 9.20. The molecule has 0 unspecified atom stereocenters. The molecule has 0 spiro atoms. The van der Waals surface area contributed by atoms with Crippen molar-refractivity contribution in [2.24, 2.45) is 0 Å². The van der Waals surface area contributed by atoms with E-state index in [1.54, 1.807) is 13.1 Å². The normalized spacial score (nSPS) is 16.2. The fraction of sp³-hybridized carbons (Fsp3) is 0.538. The molecule has 0 saturated carbocycles. The van der Waals surface area contributed by atoms with Crippen molar-refractivity contribution in [2.45, 2.75) is 25.7 Å². The fourth-order valence-electron chi connectivity index (χ4n) is 2.43. The van der Waals surface area contributed by atoms with Crippen molar-refractivity contribution in [1.82, 2.24) is 14.9 Å². The zero-order valence-electron chi connectivity index (χ0n) is 11.2. The Bertz CT molecular complexity index is 528. The molecule has 1 aromatic heterocycles. The SMILES string of the molecule is Cc1ncc(C(=O)CBr)c(C2CCN(C(=O)O)CC2)n1. The van der Waals surface area contributed by atoms with Gasteiger partial charge in [-0.2, -0.15) is 0 Å². The molecule has 20 heavy (non-hydrogen) atoms. The lowest BCUT2D eigenvalue weighted by Crippen LogP contribution is -2.37. The fourth-order valence-corrected chi connectivity index (χ4v) is 2.73. The topological polar surface area (TPSA) is 83.4 Å². The van der Waals surface area contributed by atoms with E-state index >= 15 is 0 Å². The number of likely N-dealkylation sites (tertiary alicyclic amines) is 1. The average Bonchev–Trinajstić information content (AvgIpc) is 2.46. The molecule has 7 heteroatoms. The van der Waals surface area contributed by atoms with Gasteiger partial charge in [0, 0.05) is 25.2 Å². The lowest BCUT2D eigenvalue weighted by molar-refractivity contribution is 0.101. The number of nitrogens with zero attached hydrogens (tertiary/aromatic N) is 3.